The van der Waals surface area contributed by atoms with E-state index < -0.39 is 10.0 Å². The van der Waals surface area contributed by atoms with E-state index in [1.165, 1.54) is 0 Å². The number of piperidine rings is 1. The molecule has 0 bridgehead atoms. The second kappa shape index (κ2) is 6.36. The predicted octanol–water partition coefficient (Wildman–Crippen LogP) is 3.20. The van der Waals surface area contributed by atoms with E-state index in [0.717, 1.165) is 24.8 Å². The molecule has 2 rings (SSSR count). The maximum absolute atomic E-state index is 13.1. The first kappa shape index (κ1) is 16.9. The number of aryl methyl sites for hydroxylation is 1. The minimum Gasteiger partial charge on any atom is -0.392 e. The number of sulfonamides is 1. The summed E-state index contributed by atoms with van der Waals surface area (Å²) < 4.78 is 28.3. The highest BCUT2D eigenvalue weighted by Gasteiger charge is 2.37. The third-order valence-electron chi connectivity index (χ3n) is 4.13. The molecule has 0 aliphatic carbocycles. The highest BCUT2D eigenvalue weighted by atomic mass is 79.9. The second-order valence-corrected chi connectivity index (χ2v) is 8.45. The fourth-order valence-electron chi connectivity index (χ4n) is 3.07. The SMILES string of the molecule is Cc1cc(CO)cc(S(=O)(=O)N2[C@H](C)CCC[C@@H]2C)c1Br. The molecule has 2 atom stereocenters. The maximum Gasteiger partial charge on any atom is 0.244 e. The smallest absolute Gasteiger partial charge is 0.244 e. The van der Waals surface area contributed by atoms with Gasteiger partial charge in [0.15, 0.2) is 0 Å². The summed E-state index contributed by atoms with van der Waals surface area (Å²) in [5, 5.41) is 9.33. The minimum atomic E-state index is -3.57. The first-order valence-electron chi connectivity index (χ1n) is 7.22. The molecule has 118 valence electrons. The number of hydrogen-bond acceptors (Lipinski definition) is 3. The molecule has 21 heavy (non-hydrogen) atoms. The standard InChI is InChI=1S/C15H22BrNO3S/c1-10-7-13(9-18)8-14(15(10)16)21(19,20)17-11(2)5-4-6-12(17)3/h7-8,11-12,18H,4-6,9H2,1-3H3/t11-,12+. The van der Waals surface area contributed by atoms with Gasteiger partial charge in [0, 0.05) is 16.6 Å². The van der Waals surface area contributed by atoms with E-state index in [0.29, 0.717) is 10.0 Å². The van der Waals surface area contributed by atoms with Crippen molar-refractivity contribution >= 4 is 26.0 Å². The molecule has 1 aromatic rings. The summed E-state index contributed by atoms with van der Waals surface area (Å²) in [4.78, 5) is 0.257. The van der Waals surface area contributed by atoms with Gasteiger partial charge in [-0.25, -0.2) is 8.42 Å². The van der Waals surface area contributed by atoms with Gasteiger partial charge in [0.1, 0.15) is 0 Å². The number of benzene rings is 1. The summed E-state index contributed by atoms with van der Waals surface area (Å²) in [6.07, 6.45) is 2.84. The highest BCUT2D eigenvalue weighted by molar-refractivity contribution is 9.10. The molecule has 1 fully saturated rings. The van der Waals surface area contributed by atoms with Crippen molar-refractivity contribution in [2.24, 2.45) is 0 Å². The molecule has 0 spiro atoms. The molecular weight excluding hydrogens is 354 g/mol. The molecule has 6 heteroatoms. The van der Waals surface area contributed by atoms with Crippen LogP contribution in [-0.2, 0) is 16.6 Å². The van der Waals surface area contributed by atoms with Crippen molar-refractivity contribution in [3.63, 3.8) is 0 Å². The van der Waals surface area contributed by atoms with Crippen LogP contribution in [-0.4, -0.2) is 29.9 Å². The molecule has 1 saturated heterocycles. The molecule has 0 radical (unpaired) electrons. The zero-order valence-corrected chi connectivity index (χ0v) is 15.0. The van der Waals surface area contributed by atoms with Crippen LogP contribution in [0, 0.1) is 6.92 Å². The molecule has 1 aliphatic rings. The van der Waals surface area contributed by atoms with Crippen LogP contribution in [0.25, 0.3) is 0 Å². The Hall–Kier alpha value is -0.430. The Morgan fingerprint density at radius 2 is 1.86 bits per heavy atom. The predicted molar refractivity (Wildman–Crippen MR) is 86.6 cm³/mol. The van der Waals surface area contributed by atoms with E-state index in [4.69, 9.17) is 0 Å². The van der Waals surface area contributed by atoms with Crippen molar-refractivity contribution in [3.05, 3.63) is 27.7 Å². The van der Waals surface area contributed by atoms with E-state index >= 15 is 0 Å². The van der Waals surface area contributed by atoms with Gasteiger partial charge in [-0.15, -0.1) is 0 Å². The molecular formula is C15H22BrNO3S. The van der Waals surface area contributed by atoms with Crippen LogP contribution in [0.4, 0.5) is 0 Å². The Bertz CT molecular complexity index is 620. The first-order chi connectivity index (χ1) is 9.78. The molecule has 0 aromatic heterocycles. The maximum atomic E-state index is 13.1. The zero-order valence-electron chi connectivity index (χ0n) is 12.6. The van der Waals surface area contributed by atoms with Crippen molar-refractivity contribution < 1.29 is 13.5 Å². The fourth-order valence-corrected chi connectivity index (χ4v) is 5.99. The number of aliphatic hydroxyl groups is 1. The lowest BCUT2D eigenvalue weighted by Crippen LogP contribution is -2.47. The van der Waals surface area contributed by atoms with Crippen LogP contribution in [0.1, 0.15) is 44.2 Å². The van der Waals surface area contributed by atoms with Crippen molar-refractivity contribution in [2.75, 3.05) is 0 Å². The van der Waals surface area contributed by atoms with Gasteiger partial charge in [0.05, 0.1) is 11.5 Å². The summed E-state index contributed by atoms with van der Waals surface area (Å²) in [5.74, 6) is 0. The largest absolute Gasteiger partial charge is 0.392 e. The average molecular weight is 376 g/mol. The van der Waals surface area contributed by atoms with Gasteiger partial charge in [-0.1, -0.05) is 12.5 Å². The molecule has 1 aromatic carbocycles. The summed E-state index contributed by atoms with van der Waals surface area (Å²) in [6, 6.07) is 3.37. The van der Waals surface area contributed by atoms with Gasteiger partial charge in [-0.05, 0) is 66.7 Å². The molecule has 4 nitrogen and oxygen atoms in total. The van der Waals surface area contributed by atoms with E-state index in [-0.39, 0.29) is 23.6 Å². The molecule has 1 heterocycles. The van der Waals surface area contributed by atoms with Gasteiger partial charge in [-0.3, -0.25) is 0 Å². The van der Waals surface area contributed by atoms with E-state index in [9.17, 15) is 13.5 Å². The van der Waals surface area contributed by atoms with Crippen molar-refractivity contribution in [3.8, 4) is 0 Å². The molecule has 1 aliphatic heterocycles. The number of halogens is 1. The van der Waals surface area contributed by atoms with Crippen molar-refractivity contribution in [1.82, 2.24) is 4.31 Å². The normalized spacial score (nSPS) is 24.2. The van der Waals surface area contributed by atoms with Crippen LogP contribution >= 0.6 is 15.9 Å². The molecule has 0 amide bonds. The highest BCUT2D eigenvalue weighted by Crippen LogP contribution is 2.34. The minimum absolute atomic E-state index is 0.00346. The summed E-state index contributed by atoms with van der Waals surface area (Å²) >= 11 is 3.40. The van der Waals surface area contributed by atoms with E-state index in [1.807, 2.05) is 20.8 Å². The Balaban J connectivity index is 2.55. The summed E-state index contributed by atoms with van der Waals surface area (Å²) in [6.45, 7) is 5.60. The van der Waals surface area contributed by atoms with Gasteiger partial charge < -0.3 is 5.11 Å². The van der Waals surface area contributed by atoms with Crippen LogP contribution in [0.3, 0.4) is 0 Å². The lowest BCUT2D eigenvalue weighted by atomic mass is 10.0. The number of hydrogen-bond donors (Lipinski definition) is 1. The Morgan fingerprint density at radius 3 is 2.38 bits per heavy atom. The lowest BCUT2D eigenvalue weighted by molar-refractivity contribution is 0.204. The number of nitrogens with zero attached hydrogens (tertiary/aromatic N) is 1. The van der Waals surface area contributed by atoms with E-state index in [1.54, 1.807) is 16.4 Å². The average Bonchev–Trinajstić information content (AvgIpc) is 2.41. The van der Waals surface area contributed by atoms with Crippen molar-refractivity contribution in [1.29, 1.82) is 0 Å². The Kier molecular flexibility index (Phi) is 5.13. The zero-order chi connectivity index (χ0) is 15.8. The quantitative estimate of drug-likeness (QED) is 0.882. The van der Waals surface area contributed by atoms with Crippen LogP contribution in [0.2, 0.25) is 0 Å². The summed E-state index contributed by atoms with van der Waals surface area (Å²) in [7, 11) is -3.57. The topological polar surface area (TPSA) is 57.6 Å². The van der Waals surface area contributed by atoms with Crippen LogP contribution in [0.15, 0.2) is 21.5 Å². The van der Waals surface area contributed by atoms with Crippen molar-refractivity contribution in [2.45, 2.75) is 63.6 Å². The van der Waals surface area contributed by atoms with Gasteiger partial charge in [-0.2, -0.15) is 4.31 Å². The molecule has 0 unspecified atom stereocenters. The number of aliphatic hydroxyl groups excluding tert-OH is 1. The molecule has 0 saturated carbocycles. The third kappa shape index (κ3) is 3.18. The van der Waals surface area contributed by atoms with Gasteiger partial charge in [0.25, 0.3) is 0 Å². The van der Waals surface area contributed by atoms with Crippen LogP contribution < -0.4 is 0 Å². The summed E-state index contributed by atoms with van der Waals surface area (Å²) in [5.41, 5.74) is 1.43. The Labute approximate surface area is 135 Å². The lowest BCUT2D eigenvalue weighted by Gasteiger charge is -2.38. The van der Waals surface area contributed by atoms with Crippen LogP contribution in [0.5, 0.6) is 0 Å². The fraction of sp³-hybridized carbons (Fsp3) is 0.600. The van der Waals surface area contributed by atoms with Gasteiger partial charge in [0.2, 0.25) is 10.0 Å². The third-order valence-corrected chi connectivity index (χ3v) is 7.60. The monoisotopic (exact) mass is 375 g/mol. The van der Waals surface area contributed by atoms with E-state index in [2.05, 4.69) is 15.9 Å². The molecule has 1 N–H and O–H groups in total. The Morgan fingerprint density at radius 1 is 1.29 bits per heavy atom. The first-order valence-corrected chi connectivity index (χ1v) is 9.45. The number of rotatable bonds is 3. The second-order valence-electron chi connectivity index (χ2n) is 5.85. The van der Waals surface area contributed by atoms with Gasteiger partial charge >= 0.3 is 0 Å².